The molecule has 1 rings (SSSR count). The third-order valence-electron chi connectivity index (χ3n) is 3.65. The lowest BCUT2D eigenvalue weighted by Crippen LogP contribution is -2.46. The first-order valence-corrected chi connectivity index (χ1v) is 6.96. The van der Waals surface area contributed by atoms with Crippen LogP contribution < -0.4 is 5.32 Å². The average molecular weight is 226 g/mol. The molecule has 0 aromatic heterocycles. The SMILES string of the molecule is CC(C)CC(C)N1CCC(C)NCC(C)C1. The molecular weight excluding hydrogens is 196 g/mol. The molecule has 2 heteroatoms. The largest absolute Gasteiger partial charge is 0.314 e. The summed E-state index contributed by atoms with van der Waals surface area (Å²) in [6.45, 7) is 15.4. The van der Waals surface area contributed by atoms with Gasteiger partial charge in [0.05, 0.1) is 0 Å². The van der Waals surface area contributed by atoms with Crippen molar-refractivity contribution in [2.75, 3.05) is 19.6 Å². The molecule has 1 fully saturated rings. The van der Waals surface area contributed by atoms with Crippen LogP contribution in [0.15, 0.2) is 0 Å². The van der Waals surface area contributed by atoms with Gasteiger partial charge in [-0.2, -0.15) is 0 Å². The highest BCUT2D eigenvalue weighted by atomic mass is 15.2. The maximum atomic E-state index is 3.61. The van der Waals surface area contributed by atoms with Crippen molar-refractivity contribution in [3.05, 3.63) is 0 Å². The van der Waals surface area contributed by atoms with E-state index in [9.17, 15) is 0 Å². The Kier molecular flexibility index (Phi) is 5.77. The molecule has 1 saturated heterocycles. The fourth-order valence-electron chi connectivity index (χ4n) is 2.65. The summed E-state index contributed by atoms with van der Waals surface area (Å²) in [6.07, 6.45) is 2.61. The van der Waals surface area contributed by atoms with Crippen LogP contribution >= 0.6 is 0 Å². The van der Waals surface area contributed by atoms with Crippen molar-refractivity contribution < 1.29 is 0 Å². The monoisotopic (exact) mass is 226 g/mol. The highest BCUT2D eigenvalue weighted by Crippen LogP contribution is 2.15. The first kappa shape index (κ1) is 14.0. The van der Waals surface area contributed by atoms with Gasteiger partial charge in [0.1, 0.15) is 0 Å². The minimum atomic E-state index is 0.677. The van der Waals surface area contributed by atoms with Crippen molar-refractivity contribution in [1.29, 1.82) is 0 Å². The Morgan fingerprint density at radius 1 is 1.25 bits per heavy atom. The summed E-state index contributed by atoms with van der Waals surface area (Å²) in [7, 11) is 0. The molecule has 0 amide bonds. The molecule has 0 aliphatic carbocycles. The summed E-state index contributed by atoms with van der Waals surface area (Å²) in [6, 6.07) is 1.42. The molecule has 1 heterocycles. The van der Waals surface area contributed by atoms with Crippen molar-refractivity contribution in [2.24, 2.45) is 11.8 Å². The highest BCUT2D eigenvalue weighted by molar-refractivity contribution is 4.77. The molecule has 3 unspecified atom stereocenters. The van der Waals surface area contributed by atoms with Gasteiger partial charge >= 0.3 is 0 Å². The number of nitrogens with zero attached hydrogens (tertiary/aromatic N) is 1. The van der Waals surface area contributed by atoms with Gasteiger partial charge in [-0.05, 0) is 51.6 Å². The first-order chi connectivity index (χ1) is 7.49. The molecule has 0 aromatic rings. The van der Waals surface area contributed by atoms with Crippen LogP contribution in [-0.4, -0.2) is 36.6 Å². The zero-order chi connectivity index (χ0) is 12.1. The van der Waals surface area contributed by atoms with Crippen molar-refractivity contribution >= 4 is 0 Å². The third kappa shape index (κ3) is 4.84. The lowest BCUT2D eigenvalue weighted by atomic mass is 10.0. The summed E-state index contributed by atoms with van der Waals surface area (Å²) in [5.41, 5.74) is 0. The lowest BCUT2D eigenvalue weighted by molar-refractivity contribution is 0.141. The van der Waals surface area contributed by atoms with Gasteiger partial charge in [-0.25, -0.2) is 0 Å². The summed E-state index contributed by atoms with van der Waals surface area (Å²) >= 11 is 0. The second-order valence-corrected chi connectivity index (χ2v) is 6.18. The molecule has 0 spiro atoms. The second-order valence-electron chi connectivity index (χ2n) is 6.18. The van der Waals surface area contributed by atoms with Crippen LogP contribution in [0.2, 0.25) is 0 Å². The van der Waals surface area contributed by atoms with E-state index in [0.29, 0.717) is 6.04 Å². The molecule has 1 aliphatic rings. The second kappa shape index (κ2) is 6.61. The molecule has 16 heavy (non-hydrogen) atoms. The van der Waals surface area contributed by atoms with Crippen LogP contribution in [0.3, 0.4) is 0 Å². The Morgan fingerprint density at radius 2 is 1.94 bits per heavy atom. The summed E-state index contributed by atoms with van der Waals surface area (Å²) in [5.74, 6) is 1.59. The zero-order valence-corrected chi connectivity index (χ0v) is 11.8. The smallest absolute Gasteiger partial charge is 0.00694 e. The normalized spacial score (nSPS) is 31.1. The summed E-state index contributed by atoms with van der Waals surface area (Å²) < 4.78 is 0. The quantitative estimate of drug-likeness (QED) is 0.796. The summed E-state index contributed by atoms with van der Waals surface area (Å²) in [4.78, 5) is 2.70. The van der Waals surface area contributed by atoms with Gasteiger partial charge in [-0.1, -0.05) is 20.8 Å². The molecular formula is C14H30N2. The van der Waals surface area contributed by atoms with E-state index in [2.05, 4.69) is 44.8 Å². The molecule has 3 atom stereocenters. The van der Waals surface area contributed by atoms with E-state index < -0.39 is 0 Å². The van der Waals surface area contributed by atoms with Crippen LogP contribution in [0.1, 0.15) is 47.5 Å². The van der Waals surface area contributed by atoms with Crippen LogP contribution in [0.25, 0.3) is 0 Å². The Hall–Kier alpha value is -0.0800. The number of rotatable bonds is 3. The van der Waals surface area contributed by atoms with E-state index >= 15 is 0 Å². The van der Waals surface area contributed by atoms with Crippen LogP contribution in [0.4, 0.5) is 0 Å². The van der Waals surface area contributed by atoms with Crippen molar-refractivity contribution in [2.45, 2.75) is 59.5 Å². The van der Waals surface area contributed by atoms with Crippen LogP contribution in [-0.2, 0) is 0 Å². The van der Waals surface area contributed by atoms with Gasteiger partial charge in [0, 0.05) is 18.6 Å². The average Bonchev–Trinajstić information content (AvgIpc) is 2.17. The van der Waals surface area contributed by atoms with Crippen LogP contribution in [0, 0.1) is 11.8 Å². The molecule has 0 saturated carbocycles. The van der Waals surface area contributed by atoms with Crippen molar-refractivity contribution in [3.63, 3.8) is 0 Å². The predicted molar refractivity (Wildman–Crippen MR) is 71.7 cm³/mol. The maximum Gasteiger partial charge on any atom is 0.00694 e. The minimum absolute atomic E-state index is 0.677. The standard InChI is InChI=1S/C14H30N2/c1-11(2)8-14(5)16-7-6-13(4)15-9-12(3)10-16/h11-15H,6-10H2,1-5H3. The topological polar surface area (TPSA) is 15.3 Å². The Morgan fingerprint density at radius 3 is 2.56 bits per heavy atom. The Balaban J connectivity index is 2.48. The van der Waals surface area contributed by atoms with E-state index in [-0.39, 0.29) is 0 Å². The fraction of sp³-hybridized carbons (Fsp3) is 1.00. The molecule has 96 valence electrons. The zero-order valence-electron chi connectivity index (χ0n) is 11.8. The third-order valence-corrected chi connectivity index (χ3v) is 3.65. The number of nitrogens with one attached hydrogen (secondary N) is 1. The molecule has 1 aliphatic heterocycles. The minimum Gasteiger partial charge on any atom is -0.314 e. The first-order valence-electron chi connectivity index (χ1n) is 6.96. The van der Waals surface area contributed by atoms with E-state index in [0.717, 1.165) is 17.9 Å². The van der Waals surface area contributed by atoms with Gasteiger partial charge in [-0.3, -0.25) is 0 Å². The Bertz CT molecular complexity index is 191. The van der Waals surface area contributed by atoms with E-state index in [4.69, 9.17) is 0 Å². The maximum absolute atomic E-state index is 3.61. The number of hydrogen-bond acceptors (Lipinski definition) is 2. The van der Waals surface area contributed by atoms with E-state index in [1.54, 1.807) is 0 Å². The molecule has 0 radical (unpaired) electrons. The van der Waals surface area contributed by atoms with Gasteiger partial charge in [0.25, 0.3) is 0 Å². The summed E-state index contributed by atoms with van der Waals surface area (Å²) in [5, 5.41) is 3.61. The van der Waals surface area contributed by atoms with Gasteiger partial charge < -0.3 is 10.2 Å². The predicted octanol–water partition coefficient (Wildman–Crippen LogP) is 2.74. The van der Waals surface area contributed by atoms with E-state index in [1.165, 1.54) is 32.5 Å². The molecule has 0 bridgehead atoms. The fourth-order valence-corrected chi connectivity index (χ4v) is 2.65. The van der Waals surface area contributed by atoms with Gasteiger partial charge in [0.15, 0.2) is 0 Å². The van der Waals surface area contributed by atoms with Crippen molar-refractivity contribution in [3.8, 4) is 0 Å². The molecule has 0 aromatic carbocycles. The Labute approximate surface area is 102 Å². The van der Waals surface area contributed by atoms with Crippen LogP contribution in [0.5, 0.6) is 0 Å². The van der Waals surface area contributed by atoms with Gasteiger partial charge in [0.2, 0.25) is 0 Å². The van der Waals surface area contributed by atoms with E-state index in [1.807, 2.05) is 0 Å². The lowest BCUT2D eigenvalue weighted by Gasteiger charge is -2.36. The molecule has 1 N–H and O–H groups in total. The van der Waals surface area contributed by atoms with Gasteiger partial charge in [-0.15, -0.1) is 0 Å². The molecule has 2 nitrogen and oxygen atoms in total. The van der Waals surface area contributed by atoms with Crippen molar-refractivity contribution in [1.82, 2.24) is 10.2 Å². The highest BCUT2D eigenvalue weighted by Gasteiger charge is 2.20. The number of hydrogen-bond donors (Lipinski definition) is 1.